The number of nitrogens with one attached hydrogen (secondary N) is 3. The molecule has 2 amide bonds. The van der Waals surface area contributed by atoms with E-state index >= 15 is 0 Å². The van der Waals surface area contributed by atoms with Gasteiger partial charge in [0.2, 0.25) is 11.8 Å². The summed E-state index contributed by atoms with van der Waals surface area (Å²) in [5, 5.41) is 7.81. The van der Waals surface area contributed by atoms with Gasteiger partial charge in [-0.25, -0.2) is 0 Å². The number of rotatable bonds is 8. The quantitative estimate of drug-likeness (QED) is 0.597. The maximum Gasteiger partial charge on any atom is 0.325 e. The third-order valence-electron chi connectivity index (χ3n) is 2.91. The first-order valence-electron chi connectivity index (χ1n) is 8.30. The zero-order valence-corrected chi connectivity index (χ0v) is 15.4. The lowest BCUT2D eigenvalue weighted by molar-refractivity contribution is -0.141. The minimum atomic E-state index is -0.757. The van der Waals surface area contributed by atoms with Gasteiger partial charge in [0.05, 0.1) is 13.7 Å². The minimum Gasteiger partial charge on any atom is -0.468 e. The molecule has 0 aliphatic carbocycles. The molecule has 7 heteroatoms. The van der Waals surface area contributed by atoms with E-state index in [4.69, 9.17) is 0 Å². The van der Waals surface area contributed by atoms with Crippen LogP contribution in [0.15, 0.2) is 30.3 Å². The molecule has 0 bridgehead atoms. The molecule has 0 saturated carbocycles. The number of carbonyl (C=O) groups is 3. The highest BCUT2D eigenvalue weighted by atomic mass is 16.5. The van der Waals surface area contributed by atoms with Crippen LogP contribution in [0.3, 0.4) is 0 Å². The summed E-state index contributed by atoms with van der Waals surface area (Å²) >= 11 is 0. The van der Waals surface area contributed by atoms with Crippen molar-refractivity contribution in [3.8, 4) is 0 Å². The Balaban J connectivity index is 0.00000178. The molecule has 140 valence electrons. The summed E-state index contributed by atoms with van der Waals surface area (Å²) in [5.41, 5.74) is 0.908. The largest absolute Gasteiger partial charge is 0.468 e. The van der Waals surface area contributed by atoms with Gasteiger partial charge in [-0.2, -0.15) is 0 Å². The smallest absolute Gasteiger partial charge is 0.325 e. The van der Waals surface area contributed by atoms with Gasteiger partial charge < -0.3 is 20.7 Å². The van der Waals surface area contributed by atoms with E-state index < -0.39 is 17.9 Å². The summed E-state index contributed by atoms with van der Waals surface area (Å²) < 4.78 is 4.47. The van der Waals surface area contributed by atoms with Crippen LogP contribution in [0.5, 0.6) is 0 Å². The number of methoxy groups -OCH3 is 1. The van der Waals surface area contributed by atoms with E-state index in [0.717, 1.165) is 5.56 Å². The van der Waals surface area contributed by atoms with Crippen molar-refractivity contribution in [3.05, 3.63) is 35.9 Å². The average Bonchev–Trinajstić information content (AvgIpc) is 2.60. The highest BCUT2D eigenvalue weighted by Gasteiger charge is 2.21. The van der Waals surface area contributed by atoms with Crippen molar-refractivity contribution < 1.29 is 19.1 Å². The Morgan fingerprint density at radius 2 is 1.68 bits per heavy atom. The predicted octanol–water partition coefficient (Wildman–Crippen LogP) is 0.639. The van der Waals surface area contributed by atoms with E-state index in [-0.39, 0.29) is 19.0 Å². The van der Waals surface area contributed by atoms with Gasteiger partial charge in [0.15, 0.2) is 0 Å². The summed E-state index contributed by atoms with van der Waals surface area (Å²) in [5.74, 6) is -1.27. The molecule has 0 aliphatic heterocycles. The van der Waals surface area contributed by atoms with E-state index in [0.29, 0.717) is 6.42 Å². The van der Waals surface area contributed by atoms with Gasteiger partial charge in [0.1, 0.15) is 12.6 Å². The van der Waals surface area contributed by atoms with E-state index in [2.05, 4.69) is 34.5 Å². The van der Waals surface area contributed by atoms with Crippen molar-refractivity contribution in [1.82, 2.24) is 16.0 Å². The standard InChI is InChI=1S/C15H21N3O4.C3H8/c1-16-9-13(19)18-12(8-11-6-4-3-5-7-11)15(21)17-10-14(20)22-2;1-3-2/h3-7,12,16H,8-10H2,1-2H3,(H,17,21)(H,18,19);3H2,1-2H3/t12-;/m0./s1. The molecular formula is C18H29N3O4. The summed E-state index contributed by atoms with van der Waals surface area (Å²) in [6.07, 6.45) is 1.59. The van der Waals surface area contributed by atoms with Crippen LogP contribution in [-0.4, -0.2) is 51.1 Å². The van der Waals surface area contributed by atoms with Crippen molar-refractivity contribution >= 4 is 17.8 Å². The lowest BCUT2D eigenvalue weighted by Gasteiger charge is -2.18. The van der Waals surface area contributed by atoms with Crippen molar-refractivity contribution in [2.75, 3.05) is 27.2 Å². The van der Waals surface area contributed by atoms with E-state index in [1.54, 1.807) is 7.05 Å². The maximum absolute atomic E-state index is 12.2. The molecular weight excluding hydrogens is 322 g/mol. The highest BCUT2D eigenvalue weighted by molar-refractivity contribution is 5.90. The molecule has 0 aliphatic rings. The topological polar surface area (TPSA) is 96.5 Å². The lowest BCUT2D eigenvalue weighted by Crippen LogP contribution is -2.50. The molecule has 25 heavy (non-hydrogen) atoms. The number of carbonyl (C=O) groups excluding carboxylic acids is 3. The molecule has 1 aromatic rings. The van der Waals surface area contributed by atoms with Crippen LogP contribution in [0.4, 0.5) is 0 Å². The van der Waals surface area contributed by atoms with Crippen molar-refractivity contribution in [2.45, 2.75) is 32.7 Å². The fourth-order valence-electron chi connectivity index (χ4n) is 1.82. The Bertz CT molecular complexity index is 520. The average molecular weight is 351 g/mol. The number of ether oxygens (including phenoxy) is 1. The Labute approximate surface area is 149 Å². The highest BCUT2D eigenvalue weighted by Crippen LogP contribution is 2.03. The molecule has 0 aromatic heterocycles. The minimum absolute atomic E-state index is 0.107. The fraction of sp³-hybridized carbons (Fsp3) is 0.500. The number of likely N-dealkylation sites (N-methyl/N-ethyl adjacent to an activating group) is 1. The number of hydrogen-bond donors (Lipinski definition) is 3. The second-order valence-electron chi connectivity index (χ2n) is 5.34. The van der Waals surface area contributed by atoms with Crippen LogP contribution in [0.25, 0.3) is 0 Å². The Morgan fingerprint density at radius 1 is 1.08 bits per heavy atom. The van der Waals surface area contributed by atoms with Crippen LogP contribution in [0.1, 0.15) is 25.8 Å². The monoisotopic (exact) mass is 351 g/mol. The van der Waals surface area contributed by atoms with Crippen molar-refractivity contribution in [1.29, 1.82) is 0 Å². The normalized spacial score (nSPS) is 10.7. The molecule has 0 saturated heterocycles. The third-order valence-corrected chi connectivity index (χ3v) is 2.91. The molecule has 1 aromatic carbocycles. The van der Waals surface area contributed by atoms with Crippen LogP contribution >= 0.6 is 0 Å². The molecule has 0 spiro atoms. The zero-order chi connectivity index (χ0) is 19.1. The second-order valence-corrected chi connectivity index (χ2v) is 5.34. The van der Waals surface area contributed by atoms with Gasteiger partial charge in [-0.1, -0.05) is 50.6 Å². The third kappa shape index (κ3) is 10.9. The van der Waals surface area contributed by atoms with Gasteiger partial charge in [-0.3, -0.25) is 14.4 Å². The second kappa shape index (κ2) is 14.0. The maximum atomic E-state index is 12.2. The fourth-order valence-corrected chi connectivity index (χ4v) is 1.82. The van der Waals surface area contributed by atoms with E-state index in [1.165, 1.54) is 13.5 Å². The molecule has 1 atom stereocenters. The zero-order valence-electron chi connectivity index (χ0n) is 15.4. The molecule has 0 radical (unpaired) electrons. The first kappa shape index (κ1) is 22.6. The predicted molar refractivity (Wildman–Crippen MR) is 97.0 cm³/mol. The van der Waals surface area contributed by atoms with Gasteiger partial charge in [-0.15, -0.1) is 0 Å². The molecule has 0 heterocycles. The Kier molecular flexibility index (Phi) is 12.6. The molecule has 0 unspecified atom stereocenters. The SMILES string of the molecule is CCC.CNCC(=O)N[C@@H](Cc1ccccc1)C(=O)NCC(=O)OC. The van der Waals surface area contributed by atoms with E-state index in [1.807, 2.05) is 30.3 Å². The number of amides is 2. The van der Waals surface area contributed by atoms with Crippen molar-refractivity contribution in [2.24, 2.45) is 0 Å². The number of esters is 1. The summed E-state index contributed by atoms with van der Waals surface area (Å²) in [4.78, 5) is 34.9. The van der Waals surface area contributed by atoms with Crippen LogP contribution in [-0.2, 0) is 25.5 Å². The molecule has 1 rings (SSSR count). The first-order chi connectivity index (χ1) is 12.0. The molecule has 0 fully saturated rings. The van der Waals surface area contributed by atoms with Crippen molar-refractivity contribution in [3.63, 3.8) is 0 Å². The Morgan fingerprint density at radius 3 is 2.20 bits per heavy atom. The van der Waals surface area contributed by atoms with E-state index in [9.17, 15) is 14.4 Å². The Hall–Kier alpha value is -2.41. The molecule has 3 N–H and O–H groups in total. The van der Waals surface area contributed by atoms with Crippen LogP contribution in [0.2, 0.25) is 0 Å². The summed E-state index contributed by atoms with van der Waals surface area (Å²) in [6.45, 7) is 4.12. The molecule has 7 nitrogen and oxygen atoms in total. The number of hydrogen-bond acceptors (Lipinski definition) is 5. The van der Waals surface area contributed by atoms with Crippen LogP contribution in [0, 0.1) is 0 Å². The summed E-state index contributed by atoms with van der Waals surface area (Å²) in [7, 11) is 2.88. The van der Waals surface area contributed by atoms with Gasteiger partial charge in [0, 0.05) is 6.42 Å². The van der Waals surface area contributed by atoms with Gasteiger partial charge >= 0.3 is 5.97 Å². The number of benzene rings is 1. The van der Waals surface area contributed by atoms with Crippen LogP contribution < -0.4 is 16.0 Å². The summed E-state index contributed by atoms with van der Waals surface area (Å²) in [6, 6.07) is 8.56. The lowest BCUT2D eigenvalue weighted by atomic mass is 10.1. The first-order valence-corrected chi connectivity index (χ1v) is 8.30. The van der Waals surface area contributed by atoms with Gasteiger partial charge in [-0.05, 0) is 12.6 Å². The van der Waals surface area contributed by atoms with Gasteiger partial charge in [0.25, 0.3) is 0 Å².